The van der Waals surface area contributed by atoms with E-state index in [0.29, 0.717) is 5.75 Å². The molecule has 0 atom stereocenters. The molecule has 122 valence electrons. The first-order chi connectivity index (χ1) is 12.2. The highest BCUT2D eigenvalue weighted by molar-refractivity contribution is 5.96. The molecular formula is C19H13N3O3. The predicted octanol–water partition coefficient (Wildman–Crippen LogP) is 4.12. The Hall–Kier alpha value is -3.67. The predicted molar refractivity (Wildman–Crippen MR) is 92.8 cm³/mol. The number of nitrogens with one attached hydrogen (secondary N) is 1. The summed E-state index contributed by atoms with van der Waals surface area (Å²) < 4.78 is 5.50. The zero-order valence-corrected chi connectivity index (χ0v) is 13.0. The molecular weight excluding hydrogens is 318 g/mol. The van der Waals surface area contributed by atoms with Crippen LogP contribution in [0.15, 0.2) is 66.7 Å². The number of rotatable bonds is 4. The summed E-state index contributed by atoms with van der Waals surface area (Å²) in [6.07, 6.45) is 0. The van der Waals surface area contributed by atoms with E-state index in [4.69, 9.17) is 9.84 Å². The van der Waals surface area contributed by atoms with Gasteiger partial charge >= 0.3 is 5.97 Å². The lowest BCUT2D eigenvalue weighted by atomic mass is 9.98. The van der Waals surface area contributed by atoms with Crippen LogP contribution in [0.1, 0.15) is 10.5 Å². The van der Waals surface area contributed by atoms with Gasteiger partial charge < -0.3 is 9.84 Å². The number of carboxylic acids is 1. The molecule has 0 bridgehead atoms. The summed E-state index contributed by atoms with van der Waals surface area (Å²) in [6, 6.07) is 21.8. The number of hydrogen-bond acceptors (Lipinski definition) is 4. The monoisotopic (exact) mass is 331 g/mol. The maximum Gasteiger partial charge on any atom is 0.359 e. The number of ether oxygens (including phenoxy) is 1. The fourth-order valence-corrected chi connectivity index (χ4v) is 2.72. The number of H-pyrrole nitrogens is 1. The van der Waals surface area contributed by atoms with Crippen LogP contribution >= 0.6 is 0 Å². The number of carbonyl (C=O) groups is 1. The third-order valence-electron chi connectivity index (χ3n) is 3.90. The van der Waals surface area contributed by atoms with Crippen LogP contribution in [-0.4, -0.2) is 26.5 Å². The highest BCUT2D eigenvalue weighted by atomic mass is 16.5. The Morgan fingerprint density at radius 2 is 1.72 bits per heavy atom. The molecule has 0 aliphatic carbocycles. The van der Waals surface area contributed by atoms with Crippen molar-refractivity contribution in [2.24, 2.45) is 0 Å². The molecule has 0 aliphatic heterocycles. The van der Waals surface area contributed by atoms with Gasteiger partial charge in [0, 0.05) is 0 Å². The quantitative estimate of drug-likeness (QED) is 0.587. The average Bonchev–Trinajstić information content (AvgIpc) is 3.10. The normalized spacial score (nSPS) is 10.7. The Morgan fingerprint density at radius 3 is 2.52 bits per heavy atom. The summed E-state index contributed by atoms with van der Waals surface area (Å²) in [6.45, 7) is 0. The summed E-state index contributed by atoms with van der Waals surface area (Å²) in [5.41, 5.74) is 1.98. The third-order valence-corrected chi connectivity index (χ3v) is 3.90. The van der Waals surface area contributed by atoms with Gasteiger partial charge in [-0.3, -0.25) is 0 Å². The molecule has 0 spiro atoms. The fourth-order valence-electron chi connectivity index (χ4n) is 2.72. The van der Waals surface area contributed by atoms with Crippen molar-refractivity contribution in [1.29, 1.82) is 0 Å². The molecule has 0 fully saturated rings. The van der Waals surface area contributed by atoms with Gasteiger partial charge in [-0.2, -0.15) is 0 Å². The standard InChI is InChI=1S/C19H13N3O3/c23-19(24)17-18(21-22-20-17)25-14-10-8-13(9-11-14)16-7-3-5-12-4-1-2-6-15(12)16/h1-11H,(H,23,24)(H,20,21,22). The molecule has 0 amide bonds. The Labute approximate surface area is 142 Å². The van der Waals surface area contributed by atoms with E-state index in [9.17, 15) is 4.79 Å². The van der Waals surface area contributed by atoms with Crippen molar-refractivity contribution in [2.45, 2.75) is 0 Å². The number of aromatic amines is 1. The minimum absolute atomic E-state index is 0.0644. The molecule has 0 saturated heterocycles. The highest BCUT2D eigenvalue weighted by Gasteiger charge is 2.16. The van der Waals surface area contributed by atoms with E-state index < -0.39 is 5.97 Å². The third kappa shape index (κ3) is 2.81. The topological polar surface area (TPSA) is 88.1 Å². The van der Waals surface area contributed by atoms with E-state index in [0.717, 1.165) is 11.1 Å². The molecule has 0 radical (unpaired) electrons. The SMILES string of the molecule is O=C(O)c1[nH]nnc1Oc1ccc(-c2cccc3ccccc23)cc1. The Bertz CT molecular complexity index is 1050. The van der Waals surface area contributed by atoms with Gasteiger partial charge in [0.25, 0.3) is 5.88 Å². The van der Waals surface area contributed by atoms with Crippen LogP contribution < -0.4 is 4.74 Å². The van der Waals surface area contributed by atoms with Gasteiger partial charge in [-0.15, -0.1) is 0 Å². The van der Waals surface area contributed by atoms with Crippen LogP contribution in [0.25, 0.3) is 21.9 Å². The largest absolute Gasteiger partial charge is 0.476 e. The molecule has 0 aliphatic rings. The van der Waals surface area contributed by atoms with Gasteiger partial charge in [-0.05, 0) is 34.0 Å². The van der Waals surface area contributed by atoms with Crippen molar-refractivity contribution in [3.8, 4) is 22.8 Å². The van der Waals surface area contributed by atoms with Crippen LogP contribution in [0.2, 0.25) is 0 Å². The van der Waals surface area contributed by atoms with Gasteiger partial charge in [-0.25, -0.2) is 9.89 Å². The van der Waals surface area contributed by atoms with E-state index in [-0.39, 0.29) is 11.6 Å². The van der Waals surface area contributed by atoms with Gasteiger partial charge in [0.15, 0.2) is 0 Å². The molecule has 0 unspecified atom stereocenters. The number of carboxylic acid groups (broad SMARTS) is 1. The van der Waals surface area contributed by atoms with Crippen LogP contribution in [0.4, 0.5) is 0 Å². The van der Waals surface area contributed by atoms with Gasteiger partial charge in [0.05, 0.1) is 0 Å². The Morgan fingerprint density at radius 1 is 0.960 bits per heavy atom. The smallest absolute Gasteiger partial charge is 0.359 e. The minimum Gasteiger partial charge on any atom is -0.476 e. The Kier molecular flexibility index (Phi) is 3.63. The Balaban J connectivity index is 1.66. The molecule has 4 aromatic rings. The lowest BCUT2D eigenvalue weighted by Gasteiger charge is -2.08. The lowest BCUT2D eigenvalue weighted by Crippen LogP contribution is -1.99. The lowest BCUT2D eigenvalue weighted by molar-refractivity contribution is 0.0687. The van der Waals surface area contributed by atoms with Crippen molar-refractivity contribution in [2.75, 3.05) is 0 Å². The molecule has 1 aromatic heterocycles. The molecule has 25 heavy (non-hydrogen) atoms. The van der Waals surface area contributed by atoms with Crippen molar-refractivity contribution in [3.63, 3.8) is 0 Å². The number of nitrogens with zero attached hydrogens (tertiary/aromatic N) is 2. The number of fused-ring (bicyclic) bond motifs is 1. The number of benzene rings is 3. The summed E-state index contributed by atoms with van der Waals surface area (Å²) >= 11 is 0. The summed E-state index contributed by atoms with van der Waals surface area (Å²) in [5.74, 6) is -0.752. The van der Waals surface area contributed by atoms with Crippen molar-refractivity contribution in [3.05, 3.63) is 72.4 Å². The molecule has 6 nitrogen and oxygen atoms in total. The average molecular weight is 331 g/mol. The van der Waals surface area contributed by atoms with Crippen LogP contribution in [0.5, 0.6) is 11.6 Å². The van der Waals surface area contributed by atoms with Crippen LogP contribution in [0, 0.1) is 0 Å². The number of aromatic nitrogens is 3. The second kappa shape index (κ2) is 6.09. The van der Waals surface area contributed by atoms with E-state index >= 15 is 0 Å². The molecule has 1 heterocycles. The van der Waals surface area contributed by atoms with Crippen LogP contribution in [-0.2, 0) is 0 Å². The van der Waals surface area contributed by atoms with Gasteiger partial charge in [0.2, 0.25) is 5.69 Å². The molecule has 6 heteroatoms. The first-order valence-electron chi connectivity index (χ1n) is 7.63. The van der Waals surface area contributed by atoms with E-state index in [1.54, 1.807) is 12.1 Å². The fraction of sp³-hybridized carbons (Fsp3) is 0. The zero-order chi connectivity index (χ0) is 17.2. The molecule has 0 saturated carbocycles. The maximum atomic E-state index is 11.0. The minimum atomic E-state index is -1.17. The molecule has 3 aromatic carbocycles. The van der Waals surface area contributed by atoms with Crippen molar-refractivity contribution >= 4 is 16.7 Å². The highest BCUT2D eigenvalue weighted by Crippen LogP contribution is 2.30. The summed E-state index contributed by atoms with van der Waals surface area (Å²) in [4.78, 5) is 11.0. The summed E-state index contributed by atoms with van der Waals surface area (Å²) in [5, 5.41) is 20.8. The van der Waals surface area contributed by atoms with E-state index in [1.807, 2.05) is 30.3 Å². The zero-order valence-electron chi connectivity index (χ0n) is 13.0. The maximum absolute atomic E-state index is 11.0. The van der Waals surface area contributed by atoms with Crippen molar-refractivity contribution in [1.82, 2.24) is 15.4 Å². The molecule has 4 rings (SSSR count). The second-order valence-electron chi connectivity index (χ2n) is 5.45. The first kappa shape index (κ1) is 14.9. The van der Waals surface area contributed by atoms with Crippen LogP contribution in [0.3, 0.4) is 0 Å². The first-order valence-corrected chi connectivity index (χ1v) is 7.63. The van der Waals surface area contributed by atoms with Gasteiger partial charge in [0.1, 0.15) is 5.75 Å². The van der Waals surface area contributed by atoms with E-state index in [1.165, 1.54) is 10.8 Å². The number of aromatic carboxylic acids is 1. The summed E-state index contributed by atoms with van der Waals surface area (Å²) in [7, 11) is 0. The van der Waals surface area contributed by atoms with Gasteiger partial charge in [-0.1, -0.05) is 64.9 Å². The van der Waals surface area contributed by atoms with E-state index in [2.05, 4.69) is 39.7 Å². The molecule has 2 N–H and O–H groups in total. The second-order valence-corrected chi connectivity index (χ2v) is 5.45. The van der Waals surface area contributed by atoms with Crippen molar-refractivity contribution < 1.29 is 14.6 Å². The number of hydrogen-bond donors (Lipinski definition) is 2.